The molecule has 0 unspecified atom stereocenters. The van der Waals surface area contributed by atoms with Crippen molar-refractivity contribution in [1.29, 1.82) is 5.26 Å². The molecule has 0 aliphatic carbocycles. The molecule has 1 atom stereocenters. The molecule has 1 fully saturated rings. The second-order valence-corrected chi connectivity index (χ2v) is 8.04. The van der Waals surface area contributed by atoms with Crippen molar-refractivity contribution in [3.05, 3.63) is 47.9 Å². The highest BCUT2D eigenvalue weighted by atomic mass is 16.5. The van der Waals surface area contributed by atoms with Gasteiger partial charge in [0.25, 0.3) is 0 Å². The van der Waals surface area contributed by atoms with E-state index in [1.54, 1.807) is 7.11 Å². The number of anilines is 2. The van der Waals surface area contributed by atoms with Crippen molar-refractivity contribution < 1.29 is 9.47 Å². The molecule has 0 spiro atoms. The van der Waals surface area contributed by atoms with E-state index in [2.05, 4.69) is 44.2 Å². The summed E-state index contributed by atoms with van der Waals surface area (Å²) in [4.78, 5) is 10.6. The van der Waals surface area contributed by atoms with Crippen LogP contribution >= 0.6 is 0 Å². The molecular formula is C23H27N7O2. The lowest BCUT2D eigenvalue weighted by Gasteiger charge is -2.20. The third-order valence-electron chi connectivity index (χ3n) is 5.55. The monoisotopic (exact) mass is 433 g/mol. The Morgan fingerprint density at radius 2 is 2.12 bits per heavy atom. The molecule has 2 aromatic heterocycles. The standard InChI is InChI=1S/C23H27N7O2/c1-15(2)30-7-6-18(13-30)32-14-16-4-5-19(21(8-16)31-3)20-9-22(29-28-20)27-23-12-25-17(10-24)11-26-23/h4-5,8-9,11-12,15,18H,6-7,13-14H2,1-3H3,(H2,26,27,28,29)/t18-/m0/s1. The predicted octanol–water partition coefficient (Wildman–Crippen LogP) is 3.49. The van der Waals surface area contributed by atoms with Crippen LogP contribution < -0.4 is 10.1 Å². The number of nitrogens with zero attached hydrogens (tertiary/aromatic N) is 5. The summed E-state index contributed by atoms with van der Waals surface area (Å²) < 4.78 is 11.8. The first-order valence-electron chi connectivity index (χ1n) is 10.6. The molecule has 0 amide bonds. The van der Waals surface area contributed by atoms with Gasteiger partial charge in [0.15, 0.2) is 11.5 Å². The number of ether oxygens (including phenoxy) is 2. The van der Waals surface area contributed by atoms with Gasteiger partial charge in [-0.25, -0.2) is 9.97 Å². The summed E-state index contributed by atoms with van der Waals surface area (Å²) in [7, 11) is 1.66. The molecule has 3 heterocycles. The van der Waals surface area contributed by atoms with E-state index in [9.17, 15) is 0 Å². The van der Waals surface area contributed by atoms with Gasteiger partial charge < -0.3 is 14.8 Å². The fourth-order valence-corrected chi connectivity index (χ4v) is 3.73. The van der Waals surface area contributed by atoms with Crippen LogP contribution in [0, 0.1) is 11.3 Å². The van der Waals surface area contributed by atoms with Gasteiger partial charge in [0.1, 0.15) is 17.6 Å². The van der Waals surface area contributed by atoms with Crippen LogP contribution in [0.5, 0.6) is 5.75 Å². The lowest BCUT2D eigenvalue weighted by molar-refractivity contribution is 0.0443. The number of methoxy groups -OCH3 is 1. The SMILES string of the molecule is COc1cc(CO[C@H]2CCN(C(C)C)C2)ccc1-c1cc(Nc2cnc(C#N)cn2)n[nH]1. The molecule has 0 bridgehead atoms. The van der Waals surface area contributed by atoms with Gasteiger partial charge in [-0.2, -0.15) is 10.4 Å². The third kappa shape index (κ3) is 5.04. The number of likely N-dealkylation sites (tertiary alicyclic amines) is 1. The number of aromatic nitrogens is 4. The summed E-state index contributed by atoms with van der Waals surface area (Å²) >= 11 is 0. The number of benzene rings is 1. The molecule has 2 N–H and O–H groups in total. The average Bonchev–Trinajstić information content (AvgIpc) is 3.48. The first-order chi connectivity index (χ1) is 15.6. The lowest BCUT2D eigenvalue weighted by Crippen LogP contribution is -2.29. The van der Waals surface area contributed by atoms with Crippen molar-refractivity contribution >= 4 is 11.6 Å². The van der Waals surface area contributed by atoms with Gasteiger partial charge >= 0.3 is 0 Å². The normalized spacial score (nSPS) is 16.3. The van der Waals surface area contributed by atoms with Crippen molar-refractivity contribution in [2.75, 3.05) is 25.5 Å². The minimum Gasteiger partial charge on any atom is -0.496 e. The summed E-state index contributed by atoms with van der Waals surface area (Å²) in [6, 6.07) is 10.4. The number of aromatic amines is 1. The summed E-state index contributed by atoms with van der Waals surface area (Å²) in [5.41, 5.74) is 3.04. The number of H-pyrrole nitrogens is 1. The topological polar surface area (TPSA) is 112 Å². The Labute approximate surface area is 187 Å². The second-order valence-electron chi connectivity index (χ2n) is 8.04. The average molecular weight is 434 g/mol. The van der Waals surface area contributed by atoms with E-state index >= 15 is 0 Å². The summed E-state index contributed by atoms with van der Waals surface area (Å²) in [6.07, 6.45) is 4.24. The van der Waals surface area contributed by atoms with E-state index in [1.807, 2.05) is 30.3 Å². The zero-order valence-electron chi connectivity index (χ0n) is 18.5. The maximum atomic E-state index is 8.82. The molecule has 0 saturated carbocycles. The molecular weight excluding hydrogens is 406 g/mol. The Bertz CT molecular complexity index is 1090. The number of hydrogen-bond acceptors (Lipinski definition) is 8. The molecule has 3 aromatic rings. The highest BCUT2D eigenvalue weighted by Gasteiger charge is 2.24. The predicted molar refractivity (Wildman–Crippen MR) is 121 cm³/mol. The van der Waals surface area contributed by atoms with Gasteiger partial charge in [-0.1, -0.05) is 6.07 Å². The van der Waals surface area contributed by atoms with Crippen LogP contribution in [-0.2, 0) is 11.3 Å². The molecule has 1 aliphatic rings. The molecule has 1 saturated heterocycles. The smallest absolute Gasteiger partial charge is 0.158 e. The van der Waals surface area contributed by atoms with E-state index in [-0.39, 0.29) is 11.8 Å². The van der Waals surface area contributed by atoms with Gasteiger partial charge in [-0.05, 0) is 38.0 Å². The number of hydrogen-bond donors (Lipinski definition) is 2. The van der Waals surface area contributed by atoms with Gasteiger partial charge in [-0.15, -0.1) is 0 Å². The molecule has 32 heavy (non-hydrogen) atoms. The van der Waals surface area contributed by atoms with Crippen molar-refractivity contribution in [2.24, 2.45) is 0 Å². The molecule has 9 nitrogen and oxygen atoms in total. The van der Waals surface area contributed by atoms with Crippen LogP contribution in [0.25, 0.3) is 11.3 Å². The van der Waals surface area contributed by atoms with Crippen molar-refractivity contribution in [1.82, 2.24) is 25.1 Å². The third-order valence-corrected chi connectivity index (χ3v) is 5.55. The minimum atomic E-state index is 0.261. The molecule has 0 radical (unpaired) electrons. The summed E-state index contributed by atoms with van der Waals surface area (Å²) in [6.45, 7) is 7.08. The van der Waals surface area contributed by atoms with Gasteiger partial charge in [0, 0.05) is 30.8 Å². The van der Waals surface area contributed by atoms with E-state index in [1.165, 1.54) is 12.4 Å². The molecule has 4 rings (SSSR count). The fraction of sp³-hybridized carbons (Fsp3) is 0.391. The molecule has 1 aromatic carbocycles. The Balaban J connectivity index is 1.41. The summed E-state index contributed by atoms with van der Waals surface area (Å²) in [5.74, 6) is 1.84. The Morgan fingerprint density at radius 1 is 1.25 bits per heavy atom. The van der Waals surface area contributed by atoms with Crippen LogP contribution in [0.2, 0.25) is 0 Å². The maximum Gasteiger partial charge on any atom is 0.158 e. The van der Waals surface area contributed by atoms with Gasteiger partial charge in [-0.3, -0.25) is 10.00 Å². The van der Waals surface area contributed by atoms with Crippen molar-refractivity contribution in [3.8, 4) is 23.1 Å². The highest BCUT2D eigenvalue weighted by Crippen LogP contribution is 2.31. The van der Waals surface area contributed by atoms with E-state index in [4.69, 9.17) is 14.7 Å². The van der Waals surface area contributed by atoms with Crippen LogP contribution in [0.4, 0.5) is 11.6 Å². The largest absolute Gasteiger partial charge is 0.496 e. The molecule has 9 heteroatoms. The maximum absolute atomic E-state index is 8.82. The van der Waals surface area contributed by atoms with Gasteiger partial charge in [0.05, 0.1) is 37.9 Å². The number of nitrogens with one attached hydrogen (secondary N) is 2. The number of nitriles is 1. The van der Waals surface area contributed by atoms with Crippen LogP contribution in [-0.4, -0.2) is 57.4 Å². The first kappa shape index (κ1) is 21.7. The Hall–Kier alpha value is -3.48. The number of rotatable bonds is 8. The Kier molecular flexibility index (Phi) is 6.63. The minimum absolute atomic E-state index is 0.261. The first-order valence-corrected chi connectivity index (χ1v) is 10.6. The van der Waals surface area contributed by atoms with E-state index < -0.39 is 0 Å². The van der Waals surface area contributed by atoms with Crippen LogP contribution in [0.15, 0.2) is 36.7 Å². The highest BCUT2D eigenvalue weighted by molar-refractivity contribution is 5.71. The molecule has 166 valence electrons. The Morgan fingerprint density at radius 3 is 2.81 bits per heavy atom. The van der Waals surface area contributed by atoms with E-state index in [0.717, 1.165) is 42.1 Å². The zero-order chi connectivity index (χ0) is 22.5. The molecule has 1 aliphatic heterocycles. The fourth-order valence-electron chi connectivity index (χ4n) is 3.73. The lowest BCUT2D eigenvalue weighted by atomic mass is 10.1. The van der Waals surface area contributed by atoms with Gasteiger partial charge in [0.2, 0.25) is 0 Å². The van der Waals surface area contributed by atoms with Crippen molar-refractivity contribution in [3.63, 3.8) is 0 Å². The second kappa shape index (κ2) is 9.77. The summed E-state index contributed by atoms with van der Waals surface area (Å²) in [5, 5.41) is 19.2. The van der Waals surface area contributed by atoms with Crippen LogP contribution in [0.3, 0.4) is 0 Å². The zero-order valence-corrected chi connectivity index (χ0v) is 18.5. The van der Waals surface area contributed by atoms with Crippen LogP contribution in [0.1, 0.15) is 31.5 Å². The quantitative estimate of drug-likeness (QED) is 0.555. The van der Waals surface area contributed by atoms with E-state index in [0.29, 0.717) is 24.3 Å². The van der Waals surface area contributed by atoms with Crippen molar-refractivity contribution in [2.45, 2.75) is 39.0 Å².